The third-order valence-corrected chi connectivity index (χ3v) is 4.60. The Morgan fingerprint density at radius 3 is 2.81 bits per heavy atom. The zero-order valence-corrected chi connectivity index (χ0v) is 15.1. The summed E-state index contributed by atoms with van der Waals surface area (Å²) in [5.74, 6) is -0.777. The van der Waals surface area contributed by atoms with Gasteiger partial charge < -0.3 is 19.4 Å². The molecule has 1 saturated carbocycles. The zero-order valence-electron chi connectivity index (χ0n) is 15.1. The molecule has 0 spiro atoms. The van der Waals surface area contributed by atoms with Crippen molar-refractivity contribution in [2.24, 2.45) is 0 Å². The highest BCUT2D eigenvalue weighted by Crippen LogP contribution is 2.25. The van der Waals surface area contributed by atoms with Crippen molar-refractivity contribution >= 4 is 17.7 Å². The number of carbonyl (C=O) groups excluding carboxylic acids is 2. The van der Waals surface area contributed by atoms with Crippen molar-refractivity contribution in [3.05, 3.63) is 47.9 Å². The molecule has 1 aromatic carbocycles. The van der Waals surface area contributed by atoms with Gasteiger partial charge in [-0.25, -0.2) is 19.0 Å². The smallest absolute Gasteiger partial charge is 0.360 e. The molecule has 1 fully saturated rings. The van der Waals surface area contributed by atoms with E-state index in [0.717, 1.165) is 32.1 Å². The molecule has 2 aromatic rings. The summed E-state index contributed by atoms with van der Waals surface area (Å²) in [5, 5.41) is 2.73. The topological polar surface area (TPSA) is 84.7 Å². The number of carbonyl (C=O) groups is 2. The minimum atomic E-state index is -0.599. The molecule has 1 aromatic heterocycles. The van der Waals surface area contributed by atoms with Crippen molar-refractivity contribution < 1.29 is 23.1 Å². The van der Waals surface area contributed by atoms with E-state index in [0.29, 0.717) is 5.69 Å². The van der Waals surface area contributed by atoms with Crippen LogP contribution in [0.3, 0.4) is 0 Å². The number of nitrogens with one attached hydrogen (secondary N) is 1. The van der Waals surface area contributed by atoms with Crippen LogP contribution >= 0.6 is 0 Å². The van der Waals surface area contributed by atoms with Gasteiger partial charge in [0, 0.05) is 11.7 Å². The number of hydrogen-bond acceptors (Lipinski definition) is 5. The standard InChI is InChI=1S/C19H22FN3O4/c1-26-18(24)16-12-27-17(22-16)11-23(15-8-3-2-4-9-15)19(25)21-14-7-5-6-13(20)10-14/h5-7,10,12,15H,2-4,8-9,11H2,1H3,(H,21,25). The fraction of sp³-hybridized carbons (Fsp3) is 0.421. The van der Waals surface area contributed by atoms with Crippen LogP contribution in [-0.4, -0.2) is 35.0 Å². The normalized spacial score (nSPS) is 14.6. The van der Waals surface area contributed by atoms with E-state index in [1.54, 1.807) is 11.0 Å². The average Bonchev–Trinajstić information content (AvgIpc) is 3.15. The molecule has 0 atom stereocenters. The quantitative estimate of drug-likeness (QED) is 0.800. The van der Waals surface area contributed by atoms with E-state index in [2.05, 4.69) is 15.0 Å². The minimum Gasteiger partial charge on any atom is -0.464 e. The van der Waals surface area contributed by atoms with Crippen molar-refractivity contribution in [1.82, 2.24) is 9.88 Å². The molecule has 1 N–H and O–H groups in total. The molecular formula is C19H22FN3O4. The molecule has 1 aliphatic rings. The van der Waals surface area contributed by atoms with Gasteiger partial charge in [0.05, 0.1) is 13.7 Å². The average molecular weight is 375 g/mol. The molecule has 3 rings (SSSR count). The van der Waals surface area contributed by atoms with Gasteiger partial charge in [-0.05, 0) is 31.0 Å². The summed E-state index contributed by atoms with van der Waals surface area (Å²) in [6.45, 7) is 0.114. The Morgan fingerprint density at radius 2 is 2.11 bits per heavy atom. The van der Waals surface area contributed by atoms with Crippen LogP contribution in [0.4, 0.5) is 14.9 Å². The molecule has 0 radical (unpaired) electrons. The maximum absolute atomic E-state index is 13.4. The van der Waals surface area contributed by atoms with E-state index < -0.39 is 11.8 Å². The summed E-state index contributed by atoms with van der Waals surface area (Å²) in [6, 6.07) is 5.41. The first-order valence-electron chi connectivity index (χ1n) is 8.92. The van der Waals surface area contributed by atoms with E-state index in [4.69, 9.17) is 4.42 Å². The number of aromatic nitrogens is 1. The largest absolute Gasteiger partial charge is 0.464 e. The van der Waals surface area contributed by atoms with E-state index in [-0.39, 0.29) is 30.2 Å². The van der Waals surface area contributed by atoms with Crippen LogP contribution in [0.5, 0.6) is 0 Å². The fourth-order valence-corrected chi connectivity index (χ4v) is 3.25. The Labute approximate surface area is 156 Å². The summed E-state index contributed by atoms with van der Waals surface area (Å²) in [6.07, 6.45) is 6.18. The number of methoxy groups -OCH3 is 1. The Hall–Kier alpha value is -2.90. The number of benzene rings is 1. The second-order valence-corrected chi connectivity index (χ2v) is 6.48. The van der Waals surface area contributed by atoms with Crippen LogP contribution in [0.25, 0.3) is 0 Å². The molecule has 27 heavy (non-hydrogen) atoms. The van der Waals surface area contributed by atoms with E-state index >= 15 is 0 Å². The molecule has 0 unspecified atom stereocenters. The predicted molar refractivity (Wildman–Crippen MR) is 95.7 cm³/mol. The molecule has 0 saturated heterocycles. The van der Waals surface area contributed by atoms with Gasteiger partial charge in [-0.3, -0.25) is 0 Å². The SMILES string of the molecule is COC(=O)c1coc(CN(C(=O)Nc2cccc(F)c2)C2CCCCC2)n1. The van der Waals surface area contributed by atoms with Gasteiger partial charge in [-0.1, -0.05) is 25.3 Å². The highest BCUT2D eigenvalue weighted by atomic mass is 19.1. The van der Waals surface area contributed by atoms with E-state index in [1.165, 1.54) is 31.6 Å². The van der Waals surface area contributed by atoms with Crippen molar-refractivity contribution in [3.63, 3.8) is 0 Å². The van der Waals surface area contributed by atoms with Gasteiger partial charge in [0.25, 0.3) is 0 Å². The lowest BCUT2D eigenvalue weighted by Gasteiger charge is -2.33. The summed E-state index contributed by atoms with van der Waals surface area (Å²) in [7, 11) is 1.26. The maximum Gasteiger partial charge on any atom is 0.360 e. The first-order valence-corrected chi connectivity index (χ1v) is 8.92. The van der Waals surface area contributed by atoms with Crippen molar-refractivity contribution in [3.8, 4) is 0 Å². The number of ether oxygens (including phenoxy) is 1. The molecule has 144 valence electrons. The van der Waals surface area contributed by atoms with Gasteiger partial charge >= 0.3 is 12.0 Å². The van der Waals surface area contributed by atoms with Crippen LogP contribution in [-0.2, 0) is 11.3 Å². The Kier molecular flexibility index (Phi) is 6.05. The van der Waals surface area contributed by atoms with Gasteiger partial charge in [0.15, 0.2) is 5.69 Å². The number of oxazole rings is 1. The Balaban J connectivity index is 1.76. The van der Waals surface area contributed by atoms with Gasteiger partial charge in [0.1, 0.15) is 12.1 Å². The number of urea groups is 1. The lowest BCUT2D eigenvalue weighted by atomic mass is 9.94. The number of rotatable bonds is 5. The first-order chi connectivity index (χ1) is 13.1. The second-order valence-electron chi connectivity index (χ2n) is 6.48. The molecule has 0 bridgehead atoms. The van der Waals surface area contributed by atoms with Gasteiger partial charge in [0.2, 0.25) is 5.89 Å². The highest BCUT2D eigenvalue weighted by molar-refractivity contribution is 5.89. The molecular weight excluding hydrogens is 353 g/mol. The lowest BCUT2D eigenvalue weighted by molar-refractivity contribution is 0.0594. The number of amides is 2. The Morgan fingerprint density at radius 1 is 1.33 bits per heavy atom. The minimum absolute atomic E-state index is 0.0285. The second kappa shape index (κ2) is 8.66. The third-order valence-electron chi connectivity index (χ3n) is 4.60. The van der Waals surface area contributed by atoms with Gasteiger partial charge in [-0.2, -0.15) is 0 Å². The van der Waals surface area contributed by atoms with Crippen LogP contribution in [0.2, 0.25) is 0 Å². The van der Waals surface area contributed by atoms with Crippen molar-refractivity contribution in [2.45, 2.75) is 44.7 Å². The van der Waals surface area contributed by atoms with Gasteiger partial charge in [-0.15, -0.1) is 0 Å². The zero-order chi connectivity index (χ0) is 19.2. The molecule has 2 amide bonds. The molecule has 8 heteroatoms. The monoisotopic (exact) mass is 375 g/mol. The number of nitrogens with zero attached hydrogens (tertiary/aromatic N) is 2. The van der Waals surface area contributed by atoms with Crippen LogP contribution in [0.1, 0.15) is 48.5 Å². The summed E-state index contributed by atoms with van der Waals surface area (Å²) in [4.78, 5) is 30.1. The molecule has 0 aliphatic heterocycles. The Bertz CT molecular complexity index is 802. The molecule has 7 nitrogen and oxygen atoms in total. The van der Waals surface area contributed by atoms with E-state index in [9.17, 15) is 14.0 Å². The summed E-state index contributed by atoms with van der Waals surface area (Å²) >= 11 is 0. The van der Waals surface area contributed by atoms with Crippen molar-refractivity contribution in [1.29, 1.82) is 0 Å². The molecule has 1 aliphatic carbocycles. The molecule has 1 heterocycles. The summed E-state index contributed by atoms with van der Waals surface area (Å²) in [5.41, 5.74) is 0.435. The predicted octanol–water partition coefficient (Wildman–Crippen LogP) is 3.97. The number of esters is 1. The van der Waals surface area contributed by atoms with Crippen molar-refractivity contribution in [2.75, 3.05) is 12.4 Å². The first kappa shape index (κ1) is 18.9. The maximum atomic E-state index is 13.4. The van der Waals surface area contributed by atoms with Crippen LogP contribution in [0.15, 0.2) is 34.9 Å². The number of halogens is 1. The van der Waals surface area contributed by atoms with E-state index in [1.807, 2.05) is 0 Å². The number of hydrogen-bond donors (Lipinski definition) is 1. The summed E-state index contributed by atoms with van der Waals surface area (Å²) < 4.78 is 23.4. The van der Waals surface area contributed by atoms with Crippen LogP contribution in [0, 0.1) is 5.82 Å². The number of anilines is 1. The fourth-order valence-electron chi connectivity index (χ4n) is 3.25. The lowest BCUT2D eigenvalue weighted by Crippen LogP contribution is -2.43. The third kappa shape index (κ3) is 4.84. The highest BCUT2D eigenvalue weighted by Gasteiger charge is 2.27. The van der Waals surface area contributed by atoms with Crippen LogP contribution < -0.4 is 5.32 Å².